The predicted octanol–water partition coefficient (Wildman–Crippen LogP) is 2.77. The molecule has 1 atom stereocenters. The van der Waals surface area contributed by atoms with Crippen molar-refractivity contribution in [2.24, 2.45) is 5.10 Å². The highest BCUT2D eigenvalue weighted by Crippen LogP contribution is 2.34. The number of carboxylic acids is 1. The average molecular weight is 364 g/mol. The van der Waals surface area contributed by atoms with E-state index in [4.69, 9.17) is 9.52 Å². The van der Waals surface area contributed by atoms with Gasteiger partial charge in [0.1, 0.15) is 11.5 Å². The molecule has 1 aromatic carbocycles. The van der Waals surface area contributed by atoms with Gasteiger partial charge in [-0.15, -0.1) is 0 Å². The fourth-order valence-electron chi connectivity index (χ4n) is 3.11. The number of carboxylic acid groups (broad SMARTS) is 1. The Morgan fingerprint density at radius 1 is 1.15 bits per heavy atom. The van der Waals surface area contributed by atoms with Crippen LogP contribution in [0.25, 0.3) is 11.0 Å². The molecule has 1 amide bonds. The van der Waals surface area contributed by atoms with Crippen LogP contribution in [0.4, 0.5) is 0 Å². The smallest absolute Gasteiger partial charge is 0.303 e. The van der Waals surface area contributed by atoms with Gasteiger partial charge in [-0.3, -0.25) is 19.6 Å². The lowest BCUT2D eigenvalue weighted by Crippen LogP contribution is -2.27. The van der Waals surface area contributed by atoms with E-state index in [1.807, 2.05) is 18.2 Å². The van der Waals surface area contributed by atoms with Crippen molar-refractivity contribution < 1.29 is 19.1 Å². The van der Waals surface area contributed by atoms with Gasteiger partial charge in [0.25, 0.3) is 0 Å². The SMILES string of the molecule is O=C(O)CCC(=O)N1N=C(c2ccco2)C[C@H]1c1ccc2nccnc2c1. The molecule has 0 bridgehead atoms. The van der Waals surface area contributed by atoms with Crippen LogP contribution in [0, 0.1) is 0 Å². The maximum atomic E-state index is 12.6. The number of hydrogen-bond acceptors (Lipinski definition) is 6. The Morgan fingerprint density at radius 2 is 1.96 bits per heavy atom. The van der Waals surface area contributed by atoms with Gasteiger partial charge in [0.15, 0.2) is 0 Å². The van der Waals surface area contributed by atoms with E-state index in [2.05, 4.69) is 15.1 Å². The number of hydrogen-bond donors (Lipinski definition) is 1. The molecule has 1 N–H and O–H groups in total. The van der Waals surface area contributed by atoms with Crippen LogP contribution in [0.3, 0.4) is 0 Å². The molecular formula is C19H16N4O4. The summed E-state index contributed by atoms with van der Waals surface area (Å²) in [6.07, 6.45) is 4.90. The summed E-state index contributed by atoms with van der Waals surface area (Å²) in [6, 6.07) is 8.81. The number of hydrazone groups is 1. The lowest BCUT2D eigenvalue weighted by atomic mass is 10.00. The van der Waals surface area contributed by atoms with Gasteiger partial charge in [0.2, 0.25) is 5.91 Å². The van der Waals surface area contributed by atoms with E-state index >= 15 is 0 Å². The van der Waals surface area contributed by atoms with Crippen LogP contribution in [0.5, 0.6) is 0 Å². The number of nitrogens with zero attached hydrogens (tertiary/aromatic N) is 4. The van der Waals surface area contributed by atoms with Crippen LogP contribution in [0.15, 0.2) is 58.5 Å². The van der Waals surface area contributed by atoms with Gasteiger partial charge < -0.3 is 9.52 Å². The lowest BCUT2D eigenvalue weighted by molar-refractivity contribution is -0.141. The minimum Gasteiger partial charge on any atom is -0.481 e. The number of rotatable bonds is 5. The van der Waals surface area contributed by atoms with Crippen LogP contribution in [-0.2, 0) is 9.59 Å². The molecule has 4 rings (SSSR count). The minimum absolute atomic E-state index is 0.117. The molecule has 136 valence electrons. The number of aliphatic carboxylic acids is 1. The summed E-state index contributed by atoms with van der Waals surface area (Å²) in [5.41, 5.74) is 2.99. The fraction of sp³-hybridized carbons (Fsp3) is 0.211. The van der Waals surface area contributed by atoms with E-state index in [0.29, 0.717) is 17.9 Å². The molecule has 0 aliphatic carbocycles. The number of furan rings is 1. The van der Waals surface area contributed by atoms with Crippen LogP contribution in [0.2, 0.25) is 0 Å². The van der Waals surface area contributed by atoms with Crippen molar-refractivity contribution in [3.05, 3.63) is 60.3 Å². The molecule has 0 saturated carbocycles. The monoisotopic (exact) mass is 364 g/mol. The first-order valence-corrected chi connectivity index (χ1v) is 8.47. The molecule has 1 aliphatic heterocycles. The van der Waals surface area contributed by atoms with E-state index in [1.165, 1.54) is 5.01 Å². The zero-order valence-electron chi connectivity index (χ0n) is 14.3. The molecule has 0 saturated heterocycles. The number of amides is 1. The number of aromatic nitrogens is 2. The fourth-order valence-corrected chi connectivity index (χ4v) is 3.11. The summed E-state index contributed by atoms with van der Waals surface area (Å²) in [6.45, 7) is 0. The molecule has 3 heterocycles. The first-order chi connectivity index (χ1) is 13.1. The minimum atomic E-state index is -1.02. The highest BCUT2D eigenvalue weighted by Gasteiger charge is 2.34. The third-order valence-corrected chi connectivity index (χ3v) is 4.40. The second kappa shape index (κ2) is 6.99. The van der Waals surface area contributed by atoms with Crippen LogP contribution in [0.1, 0.15) is 36.6 Å². The third-order valence-electron chi connectivity index (χ3n) is 4.40. The maximum absolute atomic E-state index is 12.6. The molecule has 3 aromatic rings. The van der Waals surface area contributed by atoms with Crippen molar-refractivity contribution in [3.8, 4) is 0 Å². The molecule has 0 fully saturated rings. The number of benzene rings is 1. The zero-order chi connectivity index (χ0) is 18.8. The summed E-state index contributed by atoms with van der Waals surface area (Å²) in [7, 11) is 0. The average Bonchev–Trinajstić information content (AvgIpc) is 3.35. The molecule has 27 heavy (non-hydrogen) atoms. The Morgan fingerprint density at radius 3 is 2.70 bits per heavy atom. The molecular weight excluding hydrogens is 348 g/mol. The highest BCUT2D eigenvalue weighted by atomic mass is 16.4. The Bertz CT molecular complexity index is 1030. The Balaban J connectivity index is 1.67. The summed E-state index contributed by atoms with van der Waals surface area (Å²) >= 11 is 0. The highest BCUT2D eigenvalue weighted by molar-refractivity contribution is 6.01. The molecule has 2 aromatic heterocycles. The molecule has 1 aliphatic rings. The van der Waals surface area contributed by atoms with E-state index < -0.39 is 5.97 Å². The van der Waals surface area contributed by atoms with Gasteiger partial charge in [-0.05, 0) is 29.8 Å². The van der Waals surface area contributed by atoms with E-state index in [1.54, 1.807) is 30.8 Å². The zero-order valence-corrected chi connectivity index (χ0v) is 14.3. The van der Waals surface area contributed by atoms with Crippen molar-refractivity contribution in [2.75, 3.05) is 0 Å². The van der Waals surface area contributed by atoms with Gasteiger partial charge in [-0.1, -0.05) is 6.07 Å². The molecule has 0 spiro atoms. The normalized spacial score (nSPS) is 16.5. The third kappa shape index (κ3) is 3.41. The van der Waals surface area contributed by atoms with Gasteiger partial charge in [0.05, 0.1) is 29.8 Å². The first-order valence-electron chi connectivity index (χ1n) is 8.47. The quantitative estimate of drug-likeness (QED) is 0.745. The summed E-state index contributed by atoms with van der Waals surface area (Å²) in [5.74, 6) is -0.771. The number of carbonyl (C=O) groups excluding carboxylic acids is 1. The second-order valence-electron chi connectivity index (χ2n) is 6.18. The summed E-state index contributed by atoms with van der Waals surface area (Å²) in [4.78, 5) is 32.0. The lowest BCUT2D eigenvalue weighted by Gasteiger charge is -2.22. The molecule has 0 radical (unpaired) electrons. The van der Waals surface area contributed by atoms with Gasteiger partial charge in [-0.25, -0.2) is 5.01 Å². The van der Waals surface area contributed by atoms with Crippen LogP contribution in [-0.4, -0.2) is 37.7 Å². The largest absolute Gasteiger partial charge is 0.481 e. The van der Waals surface area contributed by atoms with Gasteiger partial charge >= 0.3 is 5.97 Å². The van der Waals surface area contributed by atoms with Crippen LogP contribution < -0.4 is 0 Å². The Kier molecular flexibility index (Phi) is 4.37. The van der Waals surface area contributed by atoms with Crippen LogP contribution >= 0.6 is 0 Å². The van der Waals surface area contributed by atoms with Gasteiger partial charge in [-0.2, -0.15) is 5.10 Å². The van der Waals surface area contributed by atoms with Crippen molar-refractivity contribution in [3.63, 3.8) is 0 Å². The maximum Gasteiger partial charge on any atom is 0.303 e. The standard InChI is InChI=1S/C19H16N4O4/c24-18(5-6-19(25)26)23-16(11-15(22-23)17-2-1-9-27-17)12-3-4-13-14(10-12)21-8-7-20-13/h1-4,7-10,16H,5-6,11H2,(H,25,26)/t16-/m0/s1. The molecule has 8 nitrogen and oxygen atoms in total. The molecule has 0 unspecified atom stereocenters. The molecule has 8 heteroatoms. The van der Waals surface area contributed by atoms with Crippen molar-refractivity contribution in [1.29, 1.82) is 0 Å². The Labute approximate surface area is 154 Å². The van der Waals surface area contributed by atoms with Crippen molar-refractivity contribution >= 4 is 28.6 Å². The summed E-state index contributed by atoms with van der Waals surface area (Å²) < 4.78 is 5.41. The first kappa shape index (κ1) is 16.9. The van der Waals surface area contributed by atoms with Crippen molar-refractivity contribution in [2.45, 2.75) is 25.3 Å². The Hall–Kier alpha value is -3.55. The van der Waals surface area contributed by atoms with E-state index in [0.717, 1.165) is 16.6 Å². The topological polar surface area (TPSA) is 109 Å². The number of carbonyl (C=O) groups is 2. The van der Waals surface area contributed by atoms with E-state index in [9.17, 15) is 9.59 Å². The van der Waals surface area contributed by atoms with Gasteiger partial charge in [0, 0.05) is 25.2 Å². The number of fused-ring (bicyclic) bond motifs is 1. The summed E-state index contributed by atoms with van der Waals surface area (Å²) in [5, 5.41) is 14.7. The van der Waals surface area contributed by atoms with E-state index in [-0.39, 0.29) is 24.8 Å². The van der Waals surface area contributed by atoms with Crippen molar-refractivity contribution in [1.82, 2.24) is 15.0 Å². The predicted molar refractivity (Wildman–Crippen MR) is 95.9 cm³/mol. The second-order valence-corrected chi connectivity index (χ2v) is 6.18.